The molecular weight excluding hydrogens is 244 g/mol. The second-order valence-electron chi connectivity index (χ2n) is 5.72. The van der Waals surface area contributed by atoms with Gasteiger partial charge in [-0.15, -0.1) is 0 Å². The first-order valence-corrected chi connectivity index (χ1v) is 7.32. The monoisotopic (exact) mass is 264 g/mol. The molecular formula is C15H21ClN2. The molecule has 0 radical (unpaired) electrons. The molecule has 1 heterocycles. The summed E-state index contributed by atoms with van der Waals surface area (Å²) < 4.78 is 0. The largest absolute Gasteiger partial charge is 0.326 e. The second kappa shape index (κ2) is 4.84. The van der Waals surface area contributed by atoms with E-state index in [1.54, 1.807) is 0 Å². The van der Waals surface area contributed by atoms with E-state index in [-0.39, 0.29) is 6.04 Å². The van der Waals surface area contributed by atoms with E-state index in [9.17, 15) is 0 Å². The first-order valence-electron chi connectivity index (χ1n) is 6.94. The normalized spacial score (nSPS) is 29.5. The van der Waals surface area contributed by atoms with Gasteiger partial charge in [0.25, 0.3) is 0 Å². The van der Waals surface area contributed by atoms with Gasteiger partial charge >= 0.3 is 0 Å². The summed E-state index contributed by atoms with van der Waals surface area (Å²) in [7, 11) is 0. The summed E-state index contributed by atoms with van der Waals surface area (Å²) in [5, 5.41) is 0.818. The van der Waals surface area contributed by atoms with Crippen molar-refractivity contribution in [3.05, 3.63) is 34.3 Å². The summed E-state index contributed by atoms with van der Waals surface area (Å²) >= 11 is 6.06. The van der Waals surface area contributed by atoms with Gasteiger partial charge in [0.15, 0.2) is 0 Å². The molecule has 18 heavy (non-hydrogen) atoms. The van der Waals surface area contributed by atoms with Crippen LogP contribution in [-0.2, 0) is 0 Å². The Morgan fingerprint density at radius 1 is 1.28 bits per heavy atom. The lowest BCUT2D eigenvalue weighted by Gasteiger charge is -2.41. The van der Waals surface area contributed by atoms with E-state index in [4.69, 9.17) is 17.3 Å². The number of hydrogen-bond acceptors (Lipinski definition) is 2. The fourth-order valence-corrected chi connectivity index (χ4v) is 3.48. The summed E-state index contributed by atoms with van der Waals surface area (Å²) in [6, 6.07) is 7.65. The van der Waals surface area contributed by atoms with Crippen LogP contribution >= 0.6 is 11.6 Å². The molecule has 1 saturated heterocycles. The summed E-state index contributed by atoms with van der Waals surface area (Å²) in [5.74, 6) is 0. The lowest BCUT2D eigenvalue weighted by Crippen LogP contribution is -2.47. The first-order chi connectivity index (χ1) is 8.66. The van der Waals surface area contributed by atoms with Crippen molar-refractivity contribution in [2.24, 2.45) is 5.73 Å². The number of rotatable bonds is 2. The number of piperidine rings is 1. The molecule has 1 saturated carbocycles. The Morgan fingerprint density at radius 3 is 2.72 bits per heavy atom. The zero-order chi connectivity index (χ0) is 12.7. The van der Waals surface area contributed by atoms with Crippen LogP contribution in [0, 0.1) is 6.92 Å². The van der Waals surface area contributed by atoms with Gasteiger partial charge in [0, 0.05) is 17.1 Å². The Labute approximate surface area is 114 Å². The zero-order valence-electron chi connectivity index (χ0n) is 10.9. The molecule has 2 fully saturated rings. The molecule has 2 aliphatic rings. The number of benzene rings is 1. The maximum Gasteiger partial charge on any atom is 0.0504 e. The van der Waals surface area contributed by atoms with Gasteiger partial charge in [-0.3, -0.25) is 4.90 Å². The van der Waals surface area contributed by atoms with E-state index in [0.29, 0.717) is 6.04 Å². The standard InChI is InChI=1S/C15H21ClN2/c1-10-9-11(16)4-7-13(10)15-14(17)3-2-8-18(15)12-5-6-12/h4,7,9,12,14-15H,2-3,5-6,8,17H2,1H3. The number of nitrogens with zero attached hydrogens (tertiary/aromatic N) is 1. The maximum atomic E-state index is 6.40. The summed E-state index contributed by atoms with van der Waals surface area (Å²) in [4.78, 5) is 2.63. The molecule has 1 aliphatic heterocycles. The third-order valence-corrected chi connectivity index (χ3v) is 4.52. The van der Waals surface area contributed by atoms with E-state index in [1.807, 2.05) is 6.07 Å². The van der Waals surface area contributed by atoms with E-state index in [2.05, 4.69) is 24.0 Å². The van der Waals surface area contributed by atoms with Gasteiger partial charge in [-0.2, -0.15) is 0 Å². The summed E-state index contributed by atoms with van der Waals surface area (Å²) in [5.41, 5.74) is 9.05. The Hall–Kier alpha value is -0.570. The van der Waals surface area contributed by atoms with E-state index >= 15 is 0 Å². The van der Waals surface area contributed by atoms with Crippen molar-refractivity contribution in [2.45, 2.75) is 50.7 Å². The zero-order valence-corrected chi connectivity index (χ0v) is 11.7. The van der Waals surface area contributed by atoms with Crippen LogP contribution in [0.5, 0.6) is 0 Å². The molecule has 2 atom stereocenters. The third-order valence-electron chi connectivity index (χ3n) is 4.28. The molecule has 1 aliphatic carbocycles. The lowest BCUT2D eigenvalue weighted by atomic mass is 9.88. The van der Waals surface area contributed by atoms with Crippen LogP contribution in [0.1, 0.15) is 42.9 Å². The number of nitrogens with two attached hydrogens (primary N) is 1. The highest BCUT2D eigenvalue weighted by atomic mass is 35.5. The molecule has 0 spiro atoms. The van der Waals surface area contributed by atoms with Crippen LogP contribution in [0.3, 0.4) is 0 Å². The minimum absolute atomic E-state index is 0.263. The number of hydrogen-bond donors (Lipinski definition) is 1. The molecule has 0 bridgehead atoms. The van der Waals surface area contributed by atoms with Gasteiger partial charge in [-0.05, 0) is 62.4 Å². The van der Waals surface area contributed by atoms with Crippen molar-refractivity contribution in [1.82, 2.24) is 4.90 Å². The number of likely N-dealkylation sites (tertiary alicyclic amines) is 1. The predicted molar refractivity (Wildman–Crippen MR) is 75.9 cm³/mol. The van der Waals surface area contributed by atoms with Crippen LogP contribution in [0.15, 0.2) is 18.2 Å². The smallest absolute Gasteiger partial charge is 0.0504 e. The minimum Gasteiger partial charge on any atom is -0.326 e. The molecule has 2 unspecified atom stereocenters. The SMILES string of the molecule is Cc1cc(Cl)ccc1C1C(N)CCCN1C1CC1. The van der Waals surface area contributed by atoms with Gasteiger partial charge in [-0.25, -0.2) is 0 Å². The maximum absolute atomic E-state index is 6.40. The van der Waals surface area contributed by atoms with Crippen molar-refractivity contribution >= 4 is 11.6 Å². The summed E-state index contributed by atoms with van der Waals surface area (Å²) in [6.45, 7) is 3.35. The van der Waals surface area contributed by atoms with Crippen molar-refractivity contribution in [3.63, 3.8) is 0 Å². The van der Waals surface area contributed by atoms with Gasteiger partial charge in [0.2, 0.25) is 0 Å². The summed E-state index contributed by atoms with van der Waals surface area (Å²) in [6.07, 6.45) is 5.06. The van der Waals surface area contributed by atoms with Crippen LogP contribution in [0.4, 0.5) is 0 Å². The van der Waals surface area contributed by atoms with Crippen LogP contribution in [0.25, 0.3) is 0 Å². The number of aryl methyl sites for hydroxylation is 1. The Balaban J connectivity index is 1.94. The minimum atomic E-state index is 0.263. The van der Waals surface area contributed by atoms with E-state index in [1.165, 1.54) is 36.9 Å². The fourth-order valence-electron chi connectivity index (χ4n) is 3.25. The van der Waals surface area contributed by atoms with Gasteiger partial charge < -0.3 is 5.73 Å². The van der Waals surface area contributed by atoms with Crippen molar-refractivity contribution < 1.29 is 0 Å². The molecule has 0 amide bonds. The topological polar surface area (TPSA) is 29.3 Å². The Kier molecular flexibility index (Phi) is 3.35. The molecule has 0 aromatic heterocycles. The van der Waals surface area contributed by atoms with Crippen LogP contribution < -0.4 is 5.73 Å². The highest BCUT2D eigenvalue weighted by Crippen LogP contribution is 2.40. The third kappa shape index (κ3) is 2.29. The second-order valence-corrected chi connectivity index (χ2v) is 6.16. The quantitative estimate of drug-likeness (QED) is 0.888. The molecule has 3 rings (SSSR count). The van der Waals surface area contributed by atoms with Crippen LogP contribution in [-0.4, -0.2) is 23.5 Å². The van der Waals surface area contributed by atoms with Crippen LogP contribution in [0.2, 0.25) is 5.02 Å². The molecule has 3 heteroatoms. The molecule has 1 aromatic rings. The molecule has 1 aromatic carbocycles. The number of halogens is 1. The van der Waals surface area contributed by atoms with Gasteiger partial charge in [0.1, 0.15) is 0 Å². The fraction of sp³-hybridized carbons (Fsp3) is 0.600. The molecule has 2 N–H and O–H groups in total. The average Bonchev–Trinajstić information content (AvgIpc) is 3.14. The van der Waals surface area contributed by atoms with Gasteiger partial charge in [0.05, 0.1) is 6.04 Å². The predicted octanol–water partition coefficient (Wildman–Crippen LogP) is 3.28. The highest BCUT2D eigenvalue weighted by molar-refractivity contribution is 6.30. The van der Waals surface area contributed by atoms with E-state index < -0.39 is 0 Å². The average molecular weight is 265 g/mol. The lowest BCUT2D eigenvalue weighted by molar-refractivity contribution is 0.119. The first kappa shape index (κ1) is 12.5. The van der Waals surface area contributed by atoms with E-state index in [0.717, 1.165) is 17.5 Å². The molecule has 98 valence electrons. The van der Waals surface area contributed by atoms with Crippen molar-refractivity contribution in [1.29, 1.82) is 0 Å². The Morgan fingerprint density at radius 2 is 2.06 bits per heavy atom. The highest BCUT2D eigenvalue weighted by Gasteiger charge is 2.39. The molecule has 2 nitrogen and oxygen atoms in total. The van der Waals surface area contributed by atoms with Gasteiger partial charge in [-0.1, -0.05) is 17.7 Å². The van der Waals surface area contributed by atoms with Crippen molar-refractivity contribution in [3.8, 4) is 0 Å². The Bertz CT molecular complexity index is 442. The van der Waals surface area contributed by atoms with Crippen molar-refractivity contribution in [2.75, 3.05) is 6.54 Å².